The minimum absolute atomic E-state index is 0.211. The van der Waals surface area contributed by atoms with Crippen LogP contribution in [-0.2, 0) is 9.53 Å². The van der Waals surface area contributed by atoms with Gasteiger partial charge in [0.05, 0.1) is 19.3 Å². The Hall–Kier alpha value is -2.60. The molecule has 0 saturated carbocycles. The molecule has 0 saturated heterocycles. The predicted octanol–water partition coefficient (Wildman–Crippen LogP) is 4.20. The first kappa shape index (κ1) is 17.2. The fourth-order valence-electron chi connectivity index (χ4n) is 2.41. The summed E-state index contributed by atoms with van der Waals surface area (Å²) < 4.78 is 17.1. The Kier molecular flexibility index (Phi) is 5.19. The van der Waals surface area contributed by atoms with Crippen LogP contribution in [0.5, 0.6) is 11.5 Å². The van der Waals surface area contributed by atoms with Crippen LogP contribution in [0, 0.1) is 0 Å². The third-order valence-corrected chi connectivity index (χ3v) is 4.02. The maximum atomic E-state index is 12.2. The third-order valence-electron chi connectivity index (χ3n) is 3.52. The number of benzene rings is 2. The van der Waals surface area contributed by atoms with Gasteiger partial charge in [-0.2, -0.15) is 0 Å². The molecule has 128 valence electrons. The van der Waals surface area contributed by atoms with Crippen molar-refractivity contribution in [1.82, 2.24) is 0 Å². The first-order chi connectivity index (χ1) is 12.1. The SMILES string of the molecule is CCOc1ccccc1C=C1N=C(c2cc(Br)ccc2OC)OC1=O. The first-order valence-electron chi connectivity index (χ1n) is 7.70. The second-order valence-corrected chi connectivity index (χ2v) is 6.07. The van der Waals surface area contributed by atoms with E-state index in [0.717, 1.165) is 10.0 Å². The lowest BCUT2D eigenvalue weighted by molar-refractivity contribution is -0.129. The Morgan fingerprint density at radius 1 is 1.20 bits per heavy atom. The summed E-state index contributed by atoms with van der Waals surface area (Å²) in [6.45, 7) is 2.44. The standard InChI is InChI=1S/C19H16BrNO4/c1-3-24-16-7-5-4-6-12(16)10-15-19(22)25-18(21-15)14-11-13(20)8-9-17(14)23-2/h4-11H,3H2,1-2H3. The summed E-state index contributed by atoms with van der Waals surface area (Å²) in [6, 6.07) is 12.9. The normalized spacial score (nSPS) is 15.1. The topological polar surface area (TPSA) is 57.1 Å². The van der Waals surface area contributed by atoms with Crippen molar-refractivity contribution in [3.8, 4) is 11.5 Å². The number of para-hydroxylation sites is 1. The minimum Gasteiger partial charge on any atom is -0.496 e. The van der Waals surface area contributed by atoms with Gasteiger partial charge in [-0.05, 0) is 37.3 Å². The number of rotatable bonds is 5. The molecule has 2 aromatic rings. The summed E-state index contributed by atoms with van der Waals surface area (Å²) >= 11 is 3.40. The average molecular weight is 402 g/mol. The zero-order valence-corrected chi connectivity index (χ0v) is 15.4. The van der Waals surface area contributed by atoms with Crippen molar-refractivity contribution in [2.24, 2.45) is 4.99 Å². The number of hydrogen-bond donors (Lipinski definition) is 0. The molecule has 0 spiro atoms. The fraction of sp³-hybridized carbons (Fsp3) is 0.158. The highest BCUT2D eigenvalue weighted by Crippen LogP contribution is 2.29. The molecule has 0 unspecified atom stereocenters. The number of cyclic esters (lactones) is 1. The molecule has 6 heteroatoms. The lowest BCUT2D eigenvalue weighted by atomic mass is 10.1. The van der Waals surface area contributed by atoms with E-state index < -0.39 is 5.97 Å². The van der Waals surface area contributed by atoms with Crippen molar-refractivity contribution in [3.05, 3.63) is 63.8 Å². The maximum absolute atomic E-state index is 12.2. The Balaban J connectivity index is 2.00. The van der Waals surface area contributed by atoms with Crippen LogP contribution >= 0.6 is 15.9 Å². The fourth-order valence-corrected chi connectivity index (χ4v) is 2.77. The molecule has 1 aliphatic rings. The van der Waals surface area contributed by atoms with Crippen LogP contribution in [0.3, 0.4) is 0 Å². The van der Waals surface area contributed by atoms with Gasteiger partial charge in [-0.1, -0.05) is 34.1 Å². The highest BCUT2D eigenvalue weighted by atomic mass is 79.9. The van der Waals surface area contributed by atoms with Gasteiger partial charge in [-0.25, -0.2) is 9.79 Å². The van der Waals surface area contributed by atoms with Crippen LogP contribution in [0.15, 0.2) is 57.6 Å². The zero-order chi connectivity index (χ0) is 17.8. The zero-order valence-electron chi connectivity index (χ0n) is 13.8. The molecule has 1 heterocycles. The summed E-state index contributed by atoms with van der Waals surface area (Å²) in [5, 5.41) is 0. The van der Waals surface area contributed by atoms with Gasteiger partial charge < -0.3 is 14.2 Å². The van der Waals surface area contributed by atoms with Gasteiger partial charge in [0.15, 0.2) is 5.70 Å². The van der Waals surface area contributed by atoms with Crippen molar-refractivity contribution in [2.45, 2.75) is 6.92 Å². The summed E-state index contributed by atoms with van der Waals surface area (Å²) in [6.07, 6.45) is 1.66. The van der Waals surface area contributed by atoms with E-state index in [1.165, 1.54) is 0 Å². The van der Waals surface area contributed by atoms with Gasteiger partial charge in [-0.15, -0.1) is 0 Å². The number of nitrogens with zero attached hydrogens (tertiary/aromatic N) is 1. The van der Waals surface area contributed by atoms with Crippen molar-refractivity contribution in [2.75, 3.05) is 13.7 Å². The Morgan fingerprint density at radius 2 is 2.00 bits per heavy atom. The Bertz CT molecular complexity index is 873. The van der Waals surface area contributed by atoms with Crippen molar-refractivity contribution in [3.63, 3.8) is 0 Å². The van der Waals surface area contributed by atoms with E-state index in [1.807, 2.05) is 37.3 Å². The highest BCUT2D eigenvalue weighted by molar-refractivity contribution is 9.10. The number of hydrogen-bond acceptors (Lipinski definition) is 5. The molecule has 0 fully saturated rings. The molecule has 2 aromatic carbocycles. The molecular weight excluding hydrogens is 386 g/mol. The minimum atomic E-state index is -0.511. The molecule has 5 nitrogen and oxygen atoms in total. The van der Waals surface area contributed by atoms with Crippen molar-refractivity contribution >= 4 is 33.9 Å². The summed E-state index contributed by atoms with van der Waals surface area (Å²) in [5.41, 5.74) is 1.58. The number of ether oxygens (including phenoxy) is 3. The van der Waals surface area contributed by atoms with Crippen molar-refractivity contribution in [1.29, 1.82) is 0 Å². The van der Waals surface area contributed by atoms with E-state index in [1.54, 1.807) is 25.3 Å². The second kappa shape index (κ2) is 7.53. The molecule has 0 atom stereocenters. The van der Waals surface area contributed by atoms with Gasteiger partial charge in [0.25, 0.3) is 0 Å². The number of aliphatic imine (C=N–C) groups is 1. The lowest BCUT2D eigenvalue weighted by Gasteiger charge is -2.07. The number of esters is 1. The molecule has 0 aliphatic carbocycles. The van der Waals surface area contributed by atoms with E-state index in [9.17, 15) is 4.79 Å². The number of halogens is 1. The van der Waals surface area contributed by atoms with Crippen LogP contribution in [0.2, 0.25) is 0 Å². The molecule has 3 rings (SSSR count). The first-order valence-corrected chi connectivity index (χ1v) is 8.50. The molecule has 0 radical (unpaired) electrons. The van der Waals surface area contributed by atoms with E-state index in [4.69, 9.17) is 14.2 Å². The number of carbonyl (C=O) groups excluding carboxylic acids is 1. The number of carbonyl (C=O) groups is 1. The van der Waals surface area contributed by atoms with Crippen molar-refractivity contribution < 1.29 is 19.0 Å². The maximum Gasteiger partial charge on any atom is 0.363 e. The lowest BCUT2D eigenvalue weighted by Crippen LogP contribution is -2.07. The second-order valence-electron chi connectivity index (χ2n) is 5.15. The van der Waals surface area contributed by atoms with Crippen LogP contribution in [0.4, 0.5) is 0 Å². The molecule has 0 aromatic heterocycles. The van der Waals surface area contributed by atoms with Gasteiger partial charge in [0.1, 0.15) is 11.5 Å². The molecule has 0 bridgehead atoms. The third kappa shape index (κ3) is 3.74. The van der Waals surface area contributed by atoms with Crippen LogP contribution in [0.1, 0.15) is 18.1 Å². The number of methoxy groups -OCH3 is 1. The molecular formula is C19H16BrNO4. The molecule has 25 heavy (non-hydrogen) atoms. The van der Waals surface area contributed by atoms with Gasteiger partial charge >= 0.3 is 5.97 Å². The van der Waals surface area contributed by atoms with Gasteiger partial charge in [0, 0.05) is 10.0 Å². The van der Waals surface area contributed by atoms with Crippen LogP contribution < -0.4 is 9.47 Å². The smallest absolute Gasteiger partial charge is 0.363 e. The highest BCUT2D eigenvalue weighted by Gasteiger charge is 2.26. The van der Waals surface area contributed by atoms with E-state index in [2.05, 4.69) is 20.9 Å². The van der Waals surface area contributed by atoms with Gasteiger partial charge in [-0.3, -0.25) is 0 Å². The summed E-state index contributed by atoms with van der Waals surface area (Å²) in [7, 11) is 1.55. The van der Waals surface area contributed by atoms with Crippen LogP contribution in [0.25, 0.3) is 6.08 Å². The molecule has 0 N–H and O–H groups in total. The largest absolute Gasteiger partial charge is 0.496 e. The Labute approximate surface area is 154 Å². The quantitative estimate of drug-likeness (QED) is 0.556. The summed E-state index contributed by atoms with van der Waals surface area (Å²) in [5.74, 6) is 0.964. The predicted molar refractivity (Wildman–Crippen MR) is 98.9 cm³/mol. The molecule has 1 aliphatic heterocycles. The van der Waals surface area contributed by atoms with Gasteiger partial charge in [0.2, 0.25) is 5.90 Å². The monoisotopic (exact) mass is 401 g/mol. The van der Waals surface area contributed by atoms with E-state index >= 15 is 0 Å². The Morgan fingerprint density at radius 3 is 2.76 bits per heavy atom. The molecule has 0 amide bonds. The van der Waals surface area contributed by atoms with Crippen LogP contribution in [-0.4, -0.2) is 25.6 Å². The average Bonchev–Trinajstić information content (AvgIpc) is 2.97. The summed E-state index contributed by atoms with van der Waals surface area (Å²) in [4.78, 5) is 16.6. The van der Waals surface area contributed by atoms with E-state index in [-0.39, 0.29) is 11.6 Å². The van der Waals surface area contributed by atoms with E-state index in [0.29, 0.717) is 23.7 Å².